The van der Waals surface area contributed by atoms with Crippen LogP contribution >= 0.6 is 0 Å². The van der Waals surface area contributed by atoms with E-state index in [1.165, 1.54) is 6.92 Å². The third kappa shape index (κ3) is 4.17. The molecule has 0 saturated carbocycles. The summed E-state index contributed by atoms with van der Waals surface area (Å²) < 4.78 is 0. The largest absolute Gasteiger partial charge is 0.346 e. The molecule has 0 aromatic heterocycles. The number of nitrogens with one attached hydrogen (secondary N) is 2. The van der Waals surface area contributed by atoms with Gasteiger partial charge >= 0.3 is 0 Å². The van der Waals surface area contributed by atoms with E-state index < -0.39 is 6.04 Å². The number of benzene rings is 1. The smallest absolute Gasteiger partial charge is 0.223 e. The first-order valence-corrected chi connectivity index (χ1v) is 7.22. The van der Waals surface area contributed by atoms with Gasteiger partial charge in [0.05, 0.1) is 6.04 Å². The number of amides is 1. The Hall–Kier alpha value is -1.68. The van der Waals surface area contributed by atoms with Gasteiger partial charge in [0.1, 0.15) is 0 Å². The number of rotatable bonds is 5. The lowest BCUT2D eigenvalue weighted by Crippen LogP contribution is -2.46. The Morgan fingerprint density at radius 1 is 1.25 bits per heavy atom. The quantitative estimate of drug-likeness (QED) is 0.851. The number of Topliss-reactive ketones (excluding diaryl/α,β-unsaturated/α-hetero) is 1. The number of carbonyl (C=O) groups is 2. The minimum absolute atomic E-state index is 0.0103. The van der Waals surface area contributed by atoms with Crippen molar-refractivity contribution in [1.82, 2.24) is 10.6 Å². The van der Waals surface area contributed by atoms with Crippen LogP contribution in [-0.2, 0) is 16.0 Å². The molecule has 0 spiro atoms. The van der Waals surface area contributed by atoms with Gasteiger partial charge in [-0.1, -0.05) is 30.3 Å². The predicted molar refractivity (Wildman–Crippen MR) is 78.4 cm³/mol. The van der Waals surface area contributed by atoms with Crippen molar-refractivity contribution >= 4 is 11.7 Å². The van der Waals surface area contributed by atoms with E-state index in [0.29, 0.717) is 6.42 Å². The SMILES string of the molecule is CC(=O)[C@H](Cc1ccccc1)NC(=O)C1CCNCC1. The summed E-state index contributed by atoms with van der Waals surface area (Å²) in [7, 11) is 0. The highest BCUT2D eigenvalue weighted by Gasteiger charge is 2.25. The van der Waals surface area contributed by atoms with Crippen LogP contribution in [0.3, 0.4) is 0 Å². The van der Waals surface area contributed by atoms with E-state index in [2.05, 4.69) is 10.6 Å². The van der Waals surface area contributed by atoms with Crippen LogP contribution in [0.1, 0.15) is 25.3 Å². The van der Waals surface area contributed by atoms with Gasteiger partial charge in [0.15, 0.2) is 5.78 Å². The molecular formula is C16H22N2O2. The zero-order valence-corrected chi connectivity index (χ0v) is 11.9. The van der Waals surface area contributed by atoms with Gasteiger partial charge < -0.3 is 10.6 Å². The van der Waals surface area contributed by atoms with Crippen LogP contribution in [0.15, 0.2) is 30.3 Å². The molecule has 1 atom stereocenters. The number of piperidine rings is 1. The minimum Gasteiger partial charge on any atom is -0.346 e. The van der Waals surface area contributed by atoms with E-state index in [4.69, 9.17) is 0 Å². The van der Waals surface area contributed by atoms with E-state index in [1.807, 2.05) is 30.3 Å². The summed E-state index contributed by atoms with van der Waals surface area (Å²) in [6.07, 6.45) is 2.26. The van der Waals surface area contributed by atoms with Crippen LogP contribution in [0.2, 0.25) is 0 Å². The van der Waals surface area contributed by atoms with E-state index >= 15 is 0 Å². The van der Waals surface area contributed by atoms with Crippen molar-refractivity contribution in [1.29, 1.82) is 0 Å². The summed E-state index contributed by atoms with van der Waals surface area (Å²) in [5.74, 6) is 0.0626. The van der Waals surface area contributed by atoms with Crippen molar-refractivity contribution in [2.45, 2.75) is 32.2 Å². The molecular weight excluding hydrogens is 252 g/mol. The van der Waals surface area contributed by atoms with E-state index in [-0.39, 0.29) is 17.6 Å². The van der Waals surface area contributed by atoms with Gasteiger partial charge in [-0.25, -0.2) is 0 Å². The van der Waals surface area contributed by atoms with Crippen LogP contribution in [0.4, 0.5) is 0 Å². The van der Waals surface area contributed by atoms with Gasteiger partial charge in [-0.05, 0) is 44.8 Å². The molecule has 0 unspecified atom stereocenters. The maximum Gasteiger partial charge on any atom is 0.223 e. The number of hydrogen-bond donors (Lipinski definition) is 2. The first-order chi connectivity index (χ1) is 9.66. The lowest BCUT2D eigenvalue weighted by molar-refractivity contribution is -0.130. The lowest BCUT2D eigenvalue weighted by atomic mass is 9.95. The Balaban J connectivity index is 1.95. The highest BCUT2D eigenvalue weighted by Crippen LogP contribution is 2.12. The summed E-state index contributed by atoms with van der Waals surface area (Å²) in [4.78, 5) is 24.0. The van der Waals surface area contributed by atoms with Crippen LogP contribution < -0.4 is 10.6 Å². The summed E-state index contributed by atoms with van der Waals surface area (Å²) in [5, 5.41) is 6.16. The number of ketones is 1. The van der Waals surface area contributed by atoms with Crippen molar-refractivity contribution < 1.29 is 9.59 Å². The summed E-state index contributed by atoms with van der Waals surface area (Å²) in [5.41, 5.74) is 1.07. The highest BCUT2D eigenvalue weighted by atomic mass is 16.2. The third-order valence-electron chi connectivity index (χ3n) is 3.80. The first kappa shape index (κ1) is 14.7. The van der Waals surface area contributed by atoms with Gasteiger partial charge in [-0.3, -0.25) is 9.59 Å². The second-order valence-electron chi connectivity index (χ2n) is 5.39. The van der Waals surface area contributed by atoms with Crippen molar-refractivity contribution in [2.75, 3.05) is 13.1 Å². The molecule has 0 bridgehead atoms. The molecule has 0 aliphatic carbocycles. The number of hydrogen-bond acceptors (Lipinski definition) is 3. The van der Waals surface area contributed by atoms with Gasteiger partial charge in [-0.2, -0.15) is 0 Å². The molecule has 1 heterocycles. The van der Waals surface area contributed by atoms with Gasteiger partial charge in [0.2, 0.25) is 5.91 Å². The van der Waals surface area contributed by atoms with E-state index in [9.17, 15) is 9.59 Å². The summed E-state index contributed by atoms with van der Waals surface area (Å²) >= 11 is 0. The summed E-state index contributed by atoms with van der Waals surface area (Å²) in [6.45, 7) is 3.29. The maximum absolute atomic E-state index is 12.2. The van der Waals surface area contributed by atoms with Crippen molar-refractivity contribution in [3.63, 3.8) is 0 Å². The molecule has 1 aromatic carbocycles. The highest BCUT2D eigenvalue weighted by molar-refractivity contribution is 5.88. The predicted octanol–water partition coefficient (Wildman–Crippen LogP) is 1.30. The molecule has 20 heavy (non-hydrogen) atoms. The Morgan fingerprint density at radius 3 is 2.50 bits per heavy atom. The maximum atomic E-state index is 12.2. The van der Waals surface area contributed by atoms with Gasteiger partial charge in [-0.15, -0.1) is 0 Å². The van der Waals surface area contributed by atoms with Crippen LogP contribution in [0.25, 0.3) is 0 Å². The van der Waals surface area contributed by atoms with Crippen LogP contribution in [-0.4, -0.2) is 30.8 Å². The average molecular weight is 274 g/mol. The van der Waals surface area contributed by atoms with Crippen LogP contribution in [0, 0.1) is 5.92 Å². The van der Waals surface area contributed by atoms with Crippen molar-refractivity contribution in [3.8, 4) is 0 Å². The molecule has 4 nitrogen and oxygen atoms in total. The molecule has 1 saturated heterocycles. The molecule has 1 aliphatic rings. The third-order valence-corrected chi connectivity index (χ3v) is 3.80. The Kier molecular flexibility index (Phi) is 5.30. The van der Waals surface area contributed by atoms with Gasteiger partial charge in [0, 0.05) is 5.92 Å². The molecule has 2 rings (SSSR count). The molecule has 1 aromatic rings. The molecule has 0 radical (unpaired) electrons. The Bertz CT molecular complexity index is 453. The van der Waals surface area contributed by atoms with E-state index in [0.717, 1.165) is 31.5 Å². The van der Waals surface area contributed by atoms with E-state index in [1.54, 1.807) is 0 Å². The molecule has 1 amide bonds. The average Bonchev–Trinajstić information content (AvgIpc) is 2.48. The molecule has 4 heteroatoms. The standard InChI is InChI=1S/C16H22N2O2/c1-12(19)15(11-13-5-3-2-4-6-13)18-16(20)14-7-9-17-10-8-14/h2-6,14-15,17H,7-11H2,1H3,(H,18,20)/t15-/m0/s1. The second kappa shape index (κ2) is 7.20. The molecule has 2 N–H and O–H groups in total. The lowest BCUT2D eigenvalue weighted by Gasteiger charge is -2.24. The van der Waals surface area contributed by atoms with Crippen molar-refractivity contribution in [3.05, 3.63) is 35.9 Å². The fourth-order valence-electron chi connectivity index (χ4n) is 2.52. The molecule has 1 aliphatic heterocycles. The Labute approximate surface area is 119 Å². The monoisotopic (exact) mass is 274 g/mol. The zero-order valence-electron chi connectivity index (χ0n) is 11.9. The summed E-state index contributed by atoms with van der Waals surface area (Å²) in [6, 6.07) is 9.38. The normalized spacial score (nSPS) is 17.4. The molecule has 1 fully saturated rings. The minimum atomic E-state index is -0.417. The zero-order chi connectivity index (χ0) is 14.4. The second-order valence-corrected chi connectivity index (χ2v) is 5.39. The van der Waals surface area contributed by atoms with Crippen molar-refractivity contribution in [2.24, 2.45) is 5.92 Å². The molecule has 108 valence electrons. The fraction of sp³-hybridized carbons (Fsp3) is 0.500. The fourth-order valence-corrected chi connectivity index (χ4v) is 2.52. The first-order valence-electron chi connectivity index (χ1n) is 7.22. The van der Waals surface area contributed by atoms with Gasteiger partial charge in [0.25, 0.3) is 0 Å². The number of carbonyl (C=O) groups excluding carboxylic acids is 2. The Morgan fingerprint density at radius 2 is 1.90 bits per heavy atom. The van der Waals surface area contributed by atoms with Crippen LogP contribution in [0.5, 0.6) is 0 Å². The topological polar surface area (TPSA) is 58.2 Å².